The third-order valence-electron chi connectivity index (χ3n) is 3.81. The number of aliphatic hydroxyl groups is 1. The zero-order valence-corrected chi connectivity index (χ0v) is 10.0. The van der Waals surface area contributed by atoms with Crippen molar-refractivity contribution in [3.8, 4) is 0 Å². The Morgan fingerprint density at radius 2 is 2.00 bits per heavy atom. The van der Waals surface area contributed by atoms with Crippen molar-refractivity contribution >= 4 is 0 Å². The van der Waals surface area contributed by atoms with Crippen LogP contribution in [-0.2, 0) is 4.74 Å². The number of hydrogen-bond acceptors (Lipinski definition) is 3. The first-order valence-electron chi connectivity index (χ1n) is 6.12. The molecule has 0 bridgehead atoms. The summed E-state index contributed by atoms with van der Waals surface area (Å²) < 4.78 is 5.35. The average molecular weight is 215 g/mol. The summed E-state index contributed by atoms with van der Waals surface area (Å²) in [5.41, 5.74) is 5.77. The lowest BCUT2D eigenvalue weighted by Crippen LogP contribution is -2.48. The van der Waals surface area contributed by atoms with E-state index in [-0.39, 0.29) is 11.5 Å². The molecule has 2 atom stereocenters. The van der Waals surface area contributed by atoms with Crippen molar-refractivity contribution in [3.05, 3.63) is 0 Å². The molecule has 0 aromatic carbocycles. The van der Waals surface area contributed by atoms with E-state index in [2.05, 4.69) is 13.8 Å². The van der Waals surface area contributed by atoms with Gasteiger partial charge in [0.1, 0.15) is 0 Å². The molecule has 1 rings (SSSR count). The van der Waals surface area contributed by atoms with Crippen LogP contribution in [-0.4, -0.2) is 31.0 Å². The summed E-state index contributed by atoms with van der Waals surface area (Å²) in [4.78, 5) is 0. The van der Waals surface area contributed by atoms with Gasteiger partial charge >= 0.3 is 0 Å². The molecule has 0 aliphatic carbocycles. The van der Waals surface area contributed by atoms with Crippen LogP contribution in [0, 0.1) is 11.3 Å². The maximum atomic E-state index is 10.4. The Bertz CT molecular complexity index is 178. The fraction of sp³-hybridized carbons (Fsp3) is 1.00. The highest BCUT2D eigenvalue weighted by Crippen LogP contribution is 2.37. The smallest absolute Gasteiger partial charge is 0.0635 e. The number of ether oxygens (including phenoxy) is 1. The minimum absolute atomic E-state index is 0.0904. The second kappa shape index (κ2) is 5.83. The molecule has 1 heterocycles. The normalized spacial score (nSPS) is 24.8. The lowest BCUT2D eigenvalue weighted by Gasteiger charge is -2.42. The van der Waals surface area contributed by atoms with Crippen molar-refractivity contribution < 1.29 is 9.84 Å². The third-order valence-corrected chi connectivity index (χ3v) is 3.81. The van der Waals surface area contributed by atoms with Crippen LogP contribution in [0.1, 0.15) is 39.5 Å². The van der Waals surface area contributed by atoms with Crippen molar-refractivity contribution in [2.45, 2.75) is 45.6 Å². The Kier molecular flexibility index (Phi) is 5.03. The molecule has 1 aliphatic heterocycles. The van der Waals surface area contributed by atoms with Gasteiger partial charge in [-0.25, -0.2) is 0 Å². The van der Waals surface area contributed by atoms with E-state index < -0.39 is 0 Å². The minimum atomic E-state index is -0.272. The second-order valence-electron chi connectivity index (χ2n) is 4.89. The van der Waals surface area contributed by atoms with Crippen molar-refractivity contribution in [3.63, 3.8) is 0 Å². The molecule has 1 fully saturated rings. The molecule has 3 N–H and O–H groups in total. The lowest BCUT2D eigenvalue weighted by molar-refractivity contribution is -0.0783. The fourth-order valence-electron chi connectivity index (χ4n) is 2.62. The summed E-state index contributed by atoms with van der Waals surface area (Å²) in [6, 6.07) is 0. The first-order valence-corrected chi connectivity index (χ1v) is 6.12. The third kappa shape index (κ3) is 2.92. The number of rotatable bonds is 5. The van der Waals surface area contributed by atoms with Gasteiger partial charge in [-0.2, -0.15) is 0 Å². The lowest BCUT2D eigenvalue weighted by atomic mass is 9.70. The van der Waals surface area contributed by atoms with Crippen LogP contribution < -0.4 is 5.73 Å². The first kappa shape index (κ1) is 12.9. The van der Waals surface area contributed by atoms with E-state index >= 15 is 0 Å². The van der Waals surface area contributed by atoms with Crippen LogP contribution in [0.15, 0.2) is 0 Å². The van der Waals surface area contributed by atoms with E-state index in [1.54, 1.807) is 0 Å². The molecular weight excluding hydrogens is 190 g/mol. The zero-order chi connectivity index (χ0) is 11.3. The van der Waals surface area contributed by atoms with Crippen molar-refractivity contribution in [1.82, 2.24) is 0 Å². The topological polar surface area (TPSA) is 55.5 Å². The Balaban J connectivity index is 2.62. The maximum Gasteiger partial charge on any atom is 0.0635 e. The number of hydrogen-bond donors (Lipinski definition) is 2. The predicted molar refractivity (Wildman–Crippen MR) is 61.6 cm³/mol. The zero-order valence-electron chi connectivity index (χ0n) is 10.0. The van der Waals surface area contributed by atoms with Gasteiger partial charge in [0.05, 0.1) is 6.10 Å². The molecule has 0 saturated carbocycles. The van der Waals surface area contributed by atoms with Gasteiger partial charge in [-0.05, 0) is 25.2 Å². The highest BCUT2D eigenvalue weighted by molar-refractivity contribution is 4.91. The monoisotopic (exact) mass is 215 g/mol. The summed E-state index contributed by atoms with van der Waals surface area (Å²) in [5.74, 6) is 0.344. The molecule has 0 spiro atoms. The van der Waals surface area contributed by atoms with Crippen LogP contribution in [0.25, 0.3) is 0 Å². The van der Waals surface area contributed by atoms with Crippen LogP contribution in [0.3, 0.4) is 0 Å². The molecule has 1 saturated heterocycles. The van der Waals surface area contributed by atoms with E-state index in [1.165, 1.54) is 0 Å². The number of aliphatic hydroxyl groups excluding tert-OH is 1. The van der Waals surface area contributed by atoms with Crippen LogP contribution in [0.5, 0.6) is 0 Å². The van der Waals surface area contributed by atoms with Gasteiger partial charge in [0, 0.05) is 25.2 Å². The van der Waals surface area contributed by atoms with Crippen LogP contribution in [0.2, 0.25) is 0 Å². The average Bonchev–Trinajstić information content (AvgIpc) is 2.29. The molecule has 3 heteroatoms. The van der Waals surface area contributed by atoms with E-state index in [0.717, 1.165) is 38.9 Å². The quantitative estimate of drug-likeness (QED) is 0.731. The Hall–Kier alpha value is -0.120. The Morgan fingerprint density at radius 1 is 1.40 bits per heavy atom. The molecule has 3 nitrogen and oxygen atoms in total. The molecule has 15 heavy (non-hydrogen) atoms. The van der Waals surface area contributed by atoms with E-state index in [4.69, 9.17) is 10.5 Å². The Labute approximate surface area is 93.0 Å². The Morgan fingerprint density at radius 3 is 2.47 bits per heavy atom. The summed E-state index contributed by atoms with van der Waals surface area (Å²) in [5, 5.41) is 10.4. The predicted octanol–water partition coefficient (Wildman–Crippen LogP) is 1.54. The van der Waals surface area contributed by atoms with Crippen LogP contribution >= 0.6 is 0 Å². The molecule has 1 aliphatic rings. The highest BCUT2D eigenvalue weighted by atomic mass is 16.5. The van der Waals surface area contributed by atoms with E-state index in [0.29, 0.717) is 12.5 Å². The fourth-order valence-corrected chi connectivity index (χ4v) is 2.62. The van der Waals surface area contributed by atoms with Gasteiger partial charge < -0.3 is 15.6 Å². The molecule has 0 aromatic heterocycles. The summed E-state index contributed by atoms with van der Waals surface area (Å²) >= 11 is 0. The summed E-state index contributed by atoms with van der Waals surface area (Å²) in [6.07, 6.45) is 3.72. The summed E-state index contributed by atoms with van der Waals surface area (Å²) in [6.45, 7) is 6.34. The number of nitrogens with two attached hydrogens (primary N) is 1. The van der Waals surface area contributed by atoms with E-state index in [9.17, 15) is 5.11 Å². The molecule has 0 aromatic rings. The SMILES string of the molecule is CCCC(C)C(O)C1(CN)CCOCC1. The van der Waals surface area contributed by atoms with E-state index in [1.807, 2.05) is 0 Å². The van der Waals surface area contributed by atoms with Gasteiger partial charge in [-0.1, -0.05) is 20.3 Å². The van der Waals surface area contributed by atoms with Gasteiger partial charge in [-0.3, -0.25) is 0 Å². The molecule has 0 radical (unpaired) electrons. The van der Waals surface area contributed by atoms with Crippen molar-refractivity contribution in [1.29, 1.82) is 0 Å². The van der Waals surface area contributed by atoms with Gasteiger partial charge in [0.25, 0.3) is 0 Å². The first-order chi connectivity index (χ1) is 7.16. The van der Waals surface area contributed by atoms with Gasteiger partial charge in [0.15, 0.2) is 0 Å². The molecule has 0 amide bonds. The largest absolute Gasteiger partial charge is 0.392 e. The molecule has 2 unspecified atom stereocenters. The highest BCUT2D eigenvalue weighted by Gasteiger charge is 2.40. The van der Waals surface area contributed by atoms with Crippen LogP contribution in [0.4, 0.5) is 0 Å². The standard InChI is InChI=1S/C12H25NO2/c1-3-4-10(2)11(14)12(9-13)5-7-15-8-6-12/h10-11,14H,3-9,13H2,1-2H3. The van der Waals surface area contributed by atoms with Crippen molar-refractivity contribution in [2.24, 2.45) is 17.1 Å². The maximum absolute atomic E-state index is 10.4. The van der Waals surface area contributed by atoms with Gasteiger partial charge in [-0.15, -0.1) is 0 Å². The van der Waals surface area contributed by atoms with Gasteiger partial charge in [0.2, 0.25) is 0 Å². The second-order valence-corrected chi connectivity index (χ2v) is 4.89. The molecular formula is C12H25NO2. The van der Waals surface area contributed by atoms with Crippen molar-refractivity contribution in [2.75, 3.05) is 19.8 Å². The minimum Gasteiger partial charge on any atom is -0.392 e. The summed E-state index contributed by atoms with van der Waals surface area (Å²) in [7, 11) is 0. The molecule has 90 valence electrons.